The Morgan fingerprint density at radius 1 is 1.06 bits per heavy atom. The zero-order valence-electron chi connectivity index (χ0n) is 17.0. The molecule has 3 amide bonds. The van der Waals surface area contributed by atoms with E-state index in [1.807, 2.05) is 30.3 Å². The predicted octanol–water partition coefficient (Wildman–Crippen LogP) is 2.25. The number of fused-ring (bicyclic) bond motifs is 2. The number of hydrogen-bond acceptors (Lipinski definition) is 6. The van der Waals surface area contributed by atoms with Crippen molar-refractivity contribution in [3.05, 3.63) is 48.7 Å². The molecule has 164 valence electrons. The Morgan fingerprint density at radius 3 is 2.56 bits per heavy atom. The van der Waals surface area contributed by atoms with Crippen molar-refractivity contribution in [2.45, 2.75) is 29.8 Å². The van der Waals surface area contributed by atoms with Crippen LogP contribution in [0.5, 0.6) is 0 Å². The highest BCUT2D eigenvalue weighted by molar-refractivity contribution is 7.89. The molecule has 9 nitrogen and oxygen atoms in total. The Balaban J connectivity index is 1.24. The van der Waals surface area contributed by atoms with Gasteiger partial charge < -0.3 is 9.73 Å². The van der Waals surface area contributed by atoms with E-state index >= 15 is 0 Å². The first-order valence-corrected chi connectivity index (χ1v) is 11.9. The van der Waals surface area contributed by atoms with E-state index in [1.54, 1.807) is 6.07 Å². The number of hydrogen-bond donors (Lipinski definition) is 2. The molecular formula is C22H20N4O5S. The summed E-state index contributed by atoms with van der Waals surface area (Å²) in [5.41, 5.74) is -0.168. The van der Waals surface area contributed by atoms with Gasteiger partial charge in [-0.3, -0.25) is 10.1 Å². The molecule has 1 aromatic carbocycles. The summed E-state index contributed by atoms with van der Waals surface area (Å²) in [6.07, 6.45) is 3.45. The summed E-state index contributed by atoms with van der Waals surface area (Å²) in [6, 6.07) is 12.1. The molecule has 2 saturated heterocycles. The first kappa shape index (κ1) is 19.4. The van der Waals surface area contributed by atoms with Crippen LogP contribution in [0.2, 0.25) is 0 Å². The third kappa shape index (κ3) is 2.53. The Hall–Kier alpha value is -3.24. The number of pyridine rings is 1. The minimum atomic E-state index is -3.82. The van der Waals surface area contributed by atoms with Gasteiger partial charge in [-0.05, 0) is 43.5 Å². The van der Waals surface area contributed by atoms with Gasteiger partial charge in [-0.2, -0.15) is 4.31 Å². The lowest BCUT2D eigenvalue weighted by atomic mass is 9.67. The Labute approximate surface area is 183 Å². The normalized spacial score (nSPS) is 24.8. The second kappa shape index (κ2) is 6.39. The first-order valence-electron chi connectivity index (χ1n) is 10.4. The zero-order valence-corrected chi connectivity index (χ0v) is 17.8. The topological polar surface area (TPSA) is 122 Å². The maximum atomic E-state index is 13.1. The number of nitrogens with one attached hydrogen (secondary N) is 2. The van der Waals surface area contributed by atoms with E-state index < -0.39 is 27.0 Å². The monoisotopic (exact) mass is 452 g/mol. The van der Waals surface area contributed by atoms with Crippen LogP contribution in [0.25, 0.3) is 22.3 Å². The molecule has 2 aromatic heterocycles. The van der Waals surface area contributed by atoms with E-state index in [9.17, 15) is 18.0 Å². The number of benzene rings is 1. The summed E-state index contributed by atoms with van der Waals surface area (Å²) in [5.74, 6) is 0.256. The van der Waals surface area contributed by atoms with Crippen LogP contribution in [0.1, 0.15) is 19.3 Å². The second-order valence-electron chi connectivity index (χ2n) is 8.75. The fraction of sp³-hybridized carbons (Fsp3) is 0.318. The lowest BCUT2D eigenvalue weighted by Gasteiger charge is -2.53. The molecule has 32 heavy (non-hydrogen) atoms. The van der Waals surface area contributed by atoms with Gasteiger partial charge in [0, 0.05) is 35.7 Å². The number of rotatable bonds is 3. The summed E-state index contributed by atoms with van der Waals surface area (Å²) >= 11 is 0. The van der Waals surface area contributed by atoms with Gasteiger partial charge in [0.2, 0.25) is 0 Å². The van der Waals surface area contributed by atoms with Gasteiger partial charge in [-0.15, -0.1) is 0 Å². The van der Waals surface area contributed by atoms with Crippen LogP contribution in [0.4, 0.5) is 4.79 Å². The number of carbonyl (C=O) groups is 2. The number of furan rings is 1. The molecule has 1 aliphatic carbocycles. The second-order valence-corrected chi connectivity index (χ2v) is 10.6. The summed E-state index contributed by atoms with van der Waals surface area (Å²) in [5, 5.41) is 5.99. The minimum absolute atomic E-state index is 0.0563. The molecule has 2 aliphatic heterocycles. The van der Waals surface area contributed by atoms with Crippen molar-refractivity contribution in [2.24, 2.45) is 5.41 Å². The van der Waals surface area contributed by atoms with Gasteiger partial charge in [0.15, 0.2) is 5.03 Å². The van der Waals surface area contributed by atoms with Crippen molar-refractivity contribution < 1.29 is 22.4 Å². The van der Waals surface area contributed by atoms with E-state index in [4.69, 9.17) is 4.42 Å². The lowest BCUT2D eigenvalue weighted by molar-refractivity contribution is -0.131. The maximum absolute atomic E-state index is 13.1. The first-order chi connectivity index (χ1) is 15.3. The third-order valence-corrected chi connectivity index (χ3v) is 8.77. The largest absolute Gasteiger partial charge is 0.456 e. The van der Waals surface area contributed by atoms with Gasteiger partial charge in [0.25, 0.3) is 15.9 Å². The van der Waals surface area contributed by atoms with Gasteiger partial charge in [0.05, 0.1) is 0 Å². The number of carbonyl (C=O) groups excluding carboxylic acids is 2. The average molecular weight is 452 g/mol. The van der Waals surface area contributed by atoms with Gasteiger partial charge >= 0.3 is 6.03 Å². The van der Waals surface area contributed by atoms with Crippen LogP contribution in [-0.2, 0) is 14.8 Å². The summed E-state index contributed by atoms with van der Waals surface area (Å²) in [4.78, 5) is 28.4. The summed E-state index contributed by atoms with van der Waals surface area (Å²) in [7, 11) is -3.82. The molecule has 6 rings (SSSR count). The molecule has 0 radical (unpaired) electrons. The van der Waals surface area contributed by atoms with E-state index in [2.05, 4.69) is 15.6 Å². The van der Waals surface area contributed by atoms with Crippen LogP contribution in [0, 0.1) is 5.41 Å². The molecule has 1 saturated carbocycles. The maximum Gasteiger partial charge on any atom is 0.322 e. The number of para-hydroxylation sites is 1. The average Bonchev–Trinajstić information content (AvgIpc) is 3.42. The number of urea groups is 1. The van der Waals surface area contributed by atoms with Crippen LogP contribution in [0.15, 0.2) is 58.1 Å². The van der Waals surface area contributed by atoms with Crippen molar-refractivity contribution in [3.8, 4) is 11.3 Å². The van der Waals surface area contributed by atoms with E-state index in [-0.39, 0.29) is 24.0 Å². The van der Waals surface area contributed by atoms with Crippen LogP contribution < -0.4 is 10.6 Å². The van der Waals surface area contributed by atoms with Crippen LogP contribution >= 0.6 is 0 Å². The highest BCUT2D eigenvalue weighted by atomic mass is 32.2. The molecule has 0 bridgehead atoms. The van der Waals surface area contributed by atoms with Gasteiger partial charge in [-0.1, -0.05) is 18.2 Å². The molecule has 10 heteroatoms. The number of imide groups is 1. The van der Waals surface area contributed by atoms with Crippen LogP contribution in [-0.4, -0.2) is 48.3 Å². The zero-order chi connectivity index (χ0) is 22.1. The third-order valence-electron chi connectivity index (χ3n) is 7.06. The van der Waals surface area contributed by atoms with Crippen molar-refractivity contribution in [3.63, 3.8) is 0 Å². The van der Waals surface area contributed by atoms with E-state index in [1.165, 1.54) is 16.6 Å². The quantitative estimate of drug-likeness (QED) is 0.588. The van der Waals surface area contributed by atoms with Crippen molar-refractivity contribution in [1.29, 1.82) is 0 Å². The smallest absolute Gasteiger partial charge is 0.322 e. The van der Waals surface area contributed by atoms with Crippen molar-refractivity contribution >= 4 is 32.9 Å². The Morgan fingerprint density at radius 2 is 1.88 bits per heavy atom. The highest BCUT2D eigenvalue weighted by Gasteiger charge is 2.69. The van der Waals surface area contributed by atoms with E-state index in [0.717, 1.165) is 17.4 Å². The minimum Gasteiger partial charge on any atom is -0.456 e. The molecule has 1 unspecified atom stereocenters. The molecular weight excluding hydrogens is 432 g/mol. The van der Waals surface area contributed by atoms with Crippen molar-refractivity contribution in [1.82, 2.24) is 19.9 Å². The summed E-state index contributed by atoms with van der Waals surface area (Å²) < 4.78 is 33.4. The number of amides is 3. The fourth-order valence-corrected chi connectivity index (χ4v) is 6.90. The van der Waals surface area contributed by atoms with Crippen molar-refractivity contribution in [2.75, 3.05) is 13.1 Å². The van der Waals surface area contributed by atoms with E-state index in [0.29, 0.717) is 24.2 Å². The number of nitrogens with zero attached hydrogens (tertiary/aromatic N) is 2. The van der Waals surface area contributed by atoms with Gasteiger partial charge in [0.1, 0.15) is 16.9 Å². The Kier molecular flexibility index (Phi) is 3.89. The molecule has 1 atom stereocenters. The predicted molar refractivity (Wildman–Crippen MR) is 114 cm³/mol. The van der Waals surface area contributed by atoms with Gasteiger partial charge in [-0.25, -0.2) is 18.2 Å². The molecule has 3 aliphatic rings. The summed E-state index contributed by atoms with van der Waals surface area (Å²) in [6.45, 7) is 0.353. The molecule has 2 N–H and O–H groups in total. The fourth-order valence-electron chi connectivity index (χ4n) is 5.37. The number of sulfonamides is 1. The SMILES string of the molecule is O=C1NC(=O)C2(CCCC23CN(S(=O)(=O)c2ccc(-c4cc5ccccc5o4)cn2)C3)N1. The molecule has 3 fully saturated rings. The molecule has 2 spiro atoms. The highest BCUT2D eigenvalue weighted by Crippen LogP contribution is 2.54. The number of aromatic nitrogens is 1. The molecule has 4 heterocycles. The Bertz CT molecular complexity index is 1340. The lowest BCUT2D eigenvalue weighted by Crippen LogP contribution is -2.71. The van der Waals surface area contributed by atoms with Crippen LogP contribution in [0.3, 0.4) is 0 Å². The molecule has 3 aromatic rings. The standard InChI is InChI=1S/C22H20N4O5S/c27-19-22(25-20(28)24-19)9-3-8-21(22)12-26(13-21)32(29,30)18-7-6-15(11-23-18)17-10-14-4-1-2-5-16(14)31-17/h1-2,4-7,10-11H,3,8-9,12-13H2,(H2,24,25,27,28).